The quantitative estimate of drug-likeness (QED) is 0.424. The minimum atomic E-state index is -1.28. The van der Waals surface area contributed by atoms with E-state index in [0.29, 0.717) is 12.8 Å². The van der Waals surface area contributed by atoms with Gasteiger partial charge in [0.05, 0.1) is 11.8 Å². The summed E-state index contributed by atoms with van der Waals surface area (Å²) < 4.78 is 0. The van der Waals surface area contributed by atoms with Crippen LogP contribution in [0.5, 0.6) is 0 Å². The third-order valence-electron chi connectivity index (χ3n) is 2.73. The lowest BCUT2D eigenvalue weighted by Gasteiger charge is -2.17. The van der Waals surface area contributed by atoms with E-state index in [1.54, 1.807) is 0 Å². The van der Waals surface area contributed by atoms with Gasteiger partial charge < -0.3 is 21.9 Å². The number of carboxylic acids is 1. The maximum absolute atomic E-state index is 11.6. The fourth-order valence-electron chi connectivity index (χ4n) is 1.39. The van der Waals surface area contributed by atoms with Crippen LogP contribution in [-0.4, -0.2) is 35.5 Å². The van der Waals surface area contributed by atoms with Crippen molar-refractivity contribution in [3.05, 3.63) is 0 Å². The van der Waals surface area contributed by atoms with Crippen molar-refractivity contribution in [2.24, 2.45) is 16.9 Å². The van der Waals surface area contributed by atoms with E-state index in [0.717, 1.165) is 0 Å². The maximum Gasteiger partial charge on any atom is 0.326 e. The van der Waals surface area contributed by atoms with Crippen LogP contribution in [0.4, 0.5) is 0 Å². The van der Waals surface area contributed by atoms with Gasteiger partial charge in [-0.15, -0.1) is 0 Å². The highest BCUT2D eigenvalue weighted by Gasteiger charge is 2.49. The van der Waals surface area contributed by atoms with Gasteiger partial charge >= 0.3 is 5.97 Å². The summed E-state index contributed by atoms with van der Waals surface area (Å²) in [6.45, 7) is 0.182. The highest BCUT2D eigenvalue weighted by atomic mass is 16.4. The third-order valence-corrected chi connectivity index (χ3v) is 2.73. The van der Waals surface area contributed by atoms with Gasteiger partial charge in [0, 0.05) is 6.54 Å². The lowest BCUT2D eigenvalue weighted by atomic mass is 10.1. The molecule has 0 radical (unpaired) electrons. The Balaban J connectivity index is 2.58. The number of primary amides is 1. The molecule has 1 rings (SSSR count). The molecule has 0 bridgehead atoms. The summed E-state index contributed by atoms with van der Waals surface area (Å²) in [6, 6.07) is -1.27. The van der Waals surface area contributed by atoms with Crippen molar-refractivity contribution >= 4 is 17.8 Å². The van der Waals surface area contributed by atoms with E-state index in [1.807, 2.05) is 0 Å². The summed E-state index contributed by atoms with van der Waals surface area (Å²) in [6.07, 6.45) is 0.887. The topological polar surface area (TPSA) is 136 Å². The Morgan fingerprint density at radius 3 is 2.25 bits per heavy atom. The molecule has 0 aromatic carbocycles. The van der Waals surface area contributed by atoms with Gasteiger partial charge in [-0.1, -0.05) is 0 Å². The zero-order valence-corrected chi connectivity index (χ0v) is 8.73. The van der Waals surface area contributed by atoms with E-state index < -0.39 is 35.7 Å². The Kier molecular flexibility index (Phi) is 3.48. The van der Waals surface area contributed by atoms with Crippen LogP contribution < -0.4 is 16.8 Å². The highest BCUT2D eigenvalue weighted by molar-refractivity contribution is 5.91. The normalized spacial score (nSPS) is 18.6. The molecule has 1 aliphatic carbocycles. The average molecular weight is 229 g/mol. The number of amides is 2. The zero-order chi connectivity index (χ0) is 12.3. The van der Waals surface area contributed by atoms with Crippen LogP contribution in [-0.2, 0) is 14.4 Å². The first kappa shape index (κ1) is 12.4. The van der Waals surface area contributed by atoms with E-state index in [9.17, 15) is 14.4 Å². The van der Waals surface area contributed by atoms with Crippen LogP contribution in [0, 0.1) is 5.41 Å². The fourth-order valence-corrected chi connectivity index (χ4v) is 1.39. The predicted molar refractivity (Wildman–Crippen MR) is 54.1 cm³/mol. The van der Waals surface area contributed by atoms with E-state index in [2.05, 4.69) is 5.32 Å². The summed E-state index contributed by atoms with van der Waals surface area (Å²) in [5.41, 5.74) is 9.68. The first-order chi connectivity index (χ1) is 7.41. The average Bonchev–Trinajstić information content (AvgIpc) is 2.96. The first-order valence-electron chi connectivity index (χ1n) is 4.93. The summed E-state index contributed by atoms with van der Waals surface area (Å²) in [4.78, 5) is 33.0. The smallest absolute Gasteiger partial charge is 0.326 e. The van der Waals surface area contributed by atoms with Gasteiger partial charge in [0.2, 0.25) is 11.8 Å². The number of hydrogen-bond acceptors (Lipinski definition) is 4. The summed E-state index contributed by atoms with van der Waals surface area (Å²) in [5.74, 6) is -2.46. The first-order valence-corrected chi connectivity index (χ1v) is 4.93. The van der Waals surface area contributed by atoms with Crippen LogP contribution in [0.25, 0.3) is 0 Å². The van der Waals surface area contributed by atoms with Gasteiger partial charge in [0.15, 0.2) is 0 Å². The monoisotopic (exact) mass is 229 g/mol. The van der Waals surface area contributed by atoms with Gasteiger partial charge in [0.1, 0.15) is 6.04 Å². The molecule has 16 heavy (non-hydrogen) atoms. The molecule has 1 fully saturated rings. The molecular formula is C9H15N3O4. The standard InChI is InChI=1S/C9H15N3O4/c10-4-9(1-2-9)8(16)12-5(7(14)15)3-6(11)13/h5H,1-4,10H2,(H2,11,13)(H,12,16)(H,14,15)/t5-/m1/s1. The van der Waals surface area contributed by atoms with E-state index >= 15 is 0 Å². The maximum atomic E-state index is 11.6. The van der Waals surface area contributed by atoms with Crippen molar-refractivity contribution in [1.82, 2.24) is 5.32 Å². The van der Waals surface area contributed by atoms with Crippen molar-refractivity contribution in [2.45, 2.75) is 25.3 Å². The van der Waals surface area contributed by atoms with Gasteiger partial charge in [-0.2, -0.15) is 0 Å². The van der Waals surface area contributed by atoms with Crippen LogP contribution in [0.1, 0.15) is 19.3 Å². The fraction of sp³-hybridized carbons (Fsp3) is 0.667. The second-order valence-electron chi connectivity index (χ2n) is 4.02. The number of nitrogens with two attached hydrogens (primary N) is 2. The van der Waals surface area contributed by atoms with Gasteiger partial charge in [-0.25, -0.2) is 4.79 Å². The molecule has 7 heteroatoms. The number of carboxylic acid groups (broad SMARTS) is 1. The lowest BCUT2D eigenvalue weighted by Crippen LogP contribution is -2.47. The molecule has 1 atom stereocenters. The molecule has 0 aromatic heterocycles. The SMILES string of the molecule is NCC1(C(=O)N[C@H](CC(N)=O)C(=O)O)CC1. The van der Waals surface area contributed by atoms with Crippen LogP contribution in [0.3, 0.4) is 0 Å². The largest absolute Gasteiger partial charge is 0.480 e. The number of rotatable bonds is 6. The Morgan fingerprint density at radius 2 is 1.94 bits per heavy atom. The van der Waals surface area contributed by atoms with Crippen molar-refractivity contribution in [3.8, 4) is 0 Å². The second-order valence-corrected chi connectivity index (χ2v) is 4.02. The minimum Gasteiger partial charge on any atom is -0.480 e. The highest BCUT2D eigenvalue weighted by Crippen LogP contribution is 2.44. The zero-order valence-electron chi connectivity index (χ0n) is 8.73. The Bertz CT molecular complexity index is 325. The van der Waals surface area contributed by atoms with Crippen LogP contribution >= 0.6 is 0 Å². The van der Waals surface area contributed by atoms with Crippen molar-refractivity contribution in [3.63, 3.8) is 0 Å². The summed E-state index contributed by atoms with van der Waals surface area (Å²) >= 11 is 0. The predicted octanol–water partition coefficient (Wildman–Crippen LogP) is -1.83. The Labute approximate surface area is 92.2 Å². The molecule has 2 amide bonds. The van der Waals surface area contributed by atoms with Gasteiger partial charge in [-0.3, -0.25) is 9.59 Å². The molecule has 0 unspecified atom stereocenters. The molecule has 0 aliphatic heterocycles. The Morgan fingerprint density at radius 1 is 1.38 bits per heavy atom. The van der Waals surface area contributed by atoms with E-state index in [4.69, 9.17) is 16.6 Å². The van der Waals surface area contributed by atoms with E-state index in [1.165, 1.54) is 0 Å². The second kappa shape index (κ2) is 4.48. The van der Waals surface area contributed by atoms with Crippen molar-refractivity contribution < 1.29 is 19.5 Å². The number of carbonyl (C=O) groups is 3. The minimum absolute atomic E-state index is 0.182. The number of nitrogens with one attached hydrogen (secondary N) is 1. The molecular weight excluding hydrogens is 214 g/mol. The lowest BCUT2D eigenvalue weighted by molar-refractivity contribution is -0.144. The molecule has 7 nitrogen and oxygen atoms in total. The van der Waals surface area contributed by atoms with Gasteiger partial charge in [0.25, 0.3) is 0 Å². The number of aliphatic carboxylic acids is 1. The number of hydrogen-bond donors (Lipinski definition) is 4. The molecule has 0 spiro atoms. The third kappa shape index (κ3) is 2.69. The van der Waals surface area contributed by atoms with Crippen molar-refractivity contribution in [1.29, 1.82) is 0 Å². The molecule has 0 saturated heterocycles. The number of carbonyl (C=O) groups excluding carboxylic acids is 2. The molecule has 1 saturated carbocycles. The van der Waals surface area contributed by atoms with Crippen LogP contribution in [0.15, 0.2) is 0 Å². The summed E-state index contributed by atoms with van der Waals surface area (Å²) in [7, 11) is 0. The molecule has 0 heterocycles. The summed E-state index contributed by atoms with van der Waals surface area (Å²) in [5, 5.41) is 11.1. The van der Waals surface area contributed by atoms with E-state index in [-0.39, 0.29) is 6.54 Å². The molecule has 0 aromatic rings. The van der Waals surface area contributed by atoms with Crippen molar-refractivity contribution in [2.75, 3.05) is 6.54 Å². The molecule has 90 valence electrons. The molecule has 1 aliphatic rings. The van der Waals surface area contributed by atoms with Crippen LogP contribution in [0.2, 0.25) is 0 Å². The molecule has 6 N–H and O–H groups in total. The Hall–Kier alpha value is -1.63. The van der Waals surface area contributed by atoms with Gasteiger partial charge in [-0.05, 0) is 12.8 Å².